The van der Waals surface area contributed by atoms with Crippen molar-refractivity contribution < 1.29 is 9.18 Å². The van der Waals surface area contributed by atoms with Crippen molar-refractivity contribution in [3.8, 4) is 0 Å². The molecular weight excluding hydrogens is 243 g/mol. The molecule has 0 N–H and O–H groups in total. The molecule has 0 atom stereocenters. The molecule has 0 fully saturated rings. The molecule has 94 valence electrons. The first-order valence-electron chi connectivity index (χ1n) is 5.91. The highest BCUT2D eigenvalue weighted by molar-refractivity contribution is 5.84. The van der Waals surface area contributed by atoms with Crippen LogP contribution in [0.15, 0.2) is 48.8 Å². The first kappa shape index (κ1) is 11.6. The van der Waals surface area contributed by atoms with Gasteiger partial charge in [-0.25, -0.2) is 9.37 Å². The summed E-state index contributed by atoms with van der Waals surface area (Å²) in [6.07, 6.45) is 4.25. The third kappa shape index (κ3) is 2.25. The zero-order valence-corrected chi connectivity index (χ0v) is 10.1. The molecule has 0 saturated carbocycles. The van der Waals surface area contributed by atoms with E-state index in [4.69, 9.17) is 0 Å². The molecule has 0 unspecified atom stereocenters. The Hall–Kier alpha value is -2.49. The predicted molar refractivity (Wildman–Crippen MR) is 70.6 cm³/mol. The maximum Gasteiger partial charge on any atom is 0.151 e. The van der Waals surface area contributed by atoms with Gasteiger partial charge in [-0.05, 0) is 29.8 Å². The fraction of sp³-hybridized carbons (Fsp3) is 0.0667. The van der Waals surface area contributed by atoms with Gasteiger partial charge in [0.1, 0.15) is 11.5 Å². The third-order valence-corrected chi connectivity index (χ3v) is 3.02. The van der Waals surface area contributed by atoms with E-state index in [1.54, 1.807) is 24.4 Å². The maximum absolute atomic E-state index is 12.8. The minimum Gasteiger partial charge on any atom is -0.328 e. The molecule has 3 aromatic rings. The van der Waals surface area contributed by atoms with Crippen LogP contribution in [0.25, 0.3) is 11.0 Å². The Balaban J connectivity index is 1.97. The molecule has 2 aromatic heterocycles. The van der Waals surface area contributed by atoms with E-state index >= 15 is 0 Å². The number of benzene rings is 1. The number of aromatic nitrogens is 2. The van der Waals surface area contributed by atoms with Crippen molar-refractivity contribution in [2.24, 2.45) is 0 Å². The van der Waals surface area contributed by atoms with Gasteiger partial charge in [0, 0.05) is 29.9 Å². The number of halogens is 1. The van der Waals surface area contributed by atoms with Gasteiger partial charge < -0.3 is 4.57 Å². The quantitative estimate of drug-likeness (QED) is 0.673. The molecule has 0 spiro atoms. The number of rotatable bonds is 3. The van der Waals surface area contributed by atoms with Crippen LogP contribution in [0, 0.1) is 5.82 Å². The van der Waals surface area contributed by atoms with Gasteiger partial charge in [-0.15, -0.1) is 0 Å². The summed E-state index contributed by atoms with van der Waals surface area (Å²) >= 11 is 0. The van der Waals surface area contributed by atoms with Crippen molar-refractivity contribution in [3.05, 3.63) is 65.7 Å². The van der Waals surface area contributed by atoms with Crippen molar-refractivity contribution >= 4 is 17.3 Å². The van der Waals surface area contributed by atoms with Crippen molar-refractivity contribution in [2.45, 2.75) is 6.54 Å². The van der Waals surface area contributed by atoms with E-state index in [9.17, 15) is 9.18 Å². The SMILES string of the molecule is O=Cc1cnc2c(ccn2Cc2ccc(F)cc2)c1. The van der Waals surface area contributed by atoms with Gasteiger partial charge >= 0.3 is 0 Å². The van der Waals surface area contributed by atoms with E-state index in [0.29, 0.717) is 12.1 Å². The molecule has 0 aliphatic carbocycles. The fourth-order valence-corrected chi connectivity index (χ4v) is 2.07. The second-order valence-electron chi connectivity index (χ2n) is 4.37. The second kappa shape index (κ2) is 4.65. The van der Waals surface area contributed by atoms with Gasteiger partial charge in [-0.1, -0.05) is 12.1 Å². The smallest absolute Gasteiger partial charge is 0.151 e. The van der Waals surface area contributed by atoms with Crippen LogP contribution in [0.2, 0.25) is 0 Å². The largest absolute Gasteiger partial charge is 0.328 e. The summed E-state index contributed by atoms with van der Waals surface area (Å²) in [6.45, 7) is 0.622. The molecule has 0 amide bonds. The van der Waals surface area contributed by atoms with E-state index < -0.39 is 0 Å². The minimum atomic E-state index is -0.241. The average Bonchev–Trinajstić information content (AvgIpc) is 2.83. The molecule has 3 nitrogen and oxygen atoms in total. The highest BCUT2D eigenvalue weighted by atomic mass is 19.1. The summed E-state index contributed by atoms with van der Waals surface area (Å²) in [5.74, 6) is -0.241. The summed E-state index contributed by atoms with van der Waals surface area (Å²) in [5.41, 5.74) is 2.38. The van der Waals surface area contributed by atoms with E-state index in [1.165, 1.54) is 12.1 Å². The molecule has 3 rings (SSSR count). The standard InChI is InChI=1S/C15H11FN2O/c16-14-3-1-11(2-4-14)9-18-6-5-13-7-12(10-19)8-17-15(13)18/h1-8,10H,9H2. The molecule has 0 radical (unpaired) electrons. The molecule has 2 heterocycles. The number of hydrogen-bond acceptors (Lipinski definition) is 2. The third-order valence-electron chi connectivity index (χ3n) is 3.02. The van der Waals surface area contributed by atoms with Gasteiger partial charge in [-0.2, -0.15) is 0 Å². The lowest BCUT2D eigenvalue weighted by Gasteiger charge is -2.05. The van der Waals surface area contributed by atoms with Crippen LogP contribution in [0.1, 0.15) is 15.9 Å². The number of fused-ring (bicyclic) bond motifs is 1. The summed E-state index contributed by atoms with van der Waals surface area (Å²) in [6, 6.07) is 10.1. The second-order valence-corrected chi connectivity index (χ2v) is 4.37. The van der Waals surface area contributed by atoms with Crippen molar-refractivity contribution in [1.82, 2.24) is 9.55 Å². The number of pyridine rings is 1. The Labute approximate surface area is 109 Å². The van der Waals surface area contributed by atoms with Crippen LogP contribution in [0.4, 0.5) is 4.39 Å². The highest BCUT2D eigenvalue weighted by Crippen LogP contribution is 2.16. The Bertz CT molecular complexity index is 731. The van der Waals surface area contributed by atoms with Crippen molar-refractivity contribution in [2.75, 3.05) is 0 Å². The van der Waals surface area contributed by atoms with E-state index in [1.807, 2.05) is 16.8 Å². The Kier molecular flexibility index (Phi) is 2.83. The van der Waals surface area contributed by atoms with Gasteiger partial charge in [0.15, 0.2) is 6.29 Å². The van der Waals surface area contributed by atoms with E-state index in [2.05, 4.69) is 4.98 Å². The summed E-state index contributed by atoms with van der Waals surface area (Å²) < 4.78 is 14.8. The highest BCUT2D eigenvalue weighted by Gasteiger charge is 2.04. The van der Waals surface area contributed by atoms with Gasteiger partial charge in [0.25, 0.3) is 0 Å². The average molecular weight is 254 g/mol. The zero-order chi connectivity index (χ0) is 13.2. The lowest BCUT2D eigenvalue weighted by molar-refractivity contribution is 0.112. The Morgan fingerprint density at radius 2 is 2.00 bits per heavy atom. The molecule has 19 heavy (non-hydrogen) atoms. The Morgan fingerprint density at radius 1 is 1.21 bits per heavy atom. The first-order valence-corrected chi connectivity index (χ1v) is 5.91. The number of carbonyl (C=O) groups is 1. The molecule has 4 heteroatoms. The van der Waals surface area contributed by atoms with Crippen LogP contribution >= 0.6 is 0 Å². The number of aldehydes is 1. The molecular formula is C15H11FN2O. The van der Waals surface area contributed by atoms with E-state index in [-0.39, 0.29) is 5.82 Å². The molecule has 0 bridgehead atoms. The molecule has 0 aliphatic rings. The van der Waals surface area contributed by atoms with Crippen LogP contribution in [-0.4, -0.2) is 15.8 Å². The minimum absolute atomic E-state index is 0.241. The fourth-order valence-electron chi connectivity index (χ4n) is 2.07. The van der Waals surface area contributed by atoms with Crippen LogP contribution in [0.3, 0.4) is 0 Å². The normalized spacial score (nSPS) is 10.8. The number of nitrogens with zero attached hydrogens (tertiary/aromatic N) is 2. The molecule has 0 saturated heterocycles. The lowest BCUT2D eigenvalue weighted by Crippen LogP contribution is -1.99. The summed E-state index contributed by atoms with van der Waals surface area (Å²) in [5, 5.41) is 0.923. The van der Waals surface area contributed by atoms with Gasteiger partial charge in [0.05, 0.1) is 0 Å². The summed E-state index contributed by atoms with van der Waals surface area (Å²) in [4.78, 5) is 15.0. The maximum atomic E-state index is 12.8. The monoisotopic (exact) mass is 254 g/mol. The van der Waals surface area contributed by atoms with Gasteiger partial charge in [0.2, 0.25) is 0 Å². The molecule has 1 aromatic carbocycles. The van der Waals surface area contributed by atoms with E-state index in [0.717, 1.165) is 22.9 Å². The van der Waals surface area contributed by atoms with Gasteiger partial charge in [-0.3, -0.25) is 4.79 Å². The van der Waals surface area contributed by atoms with Crippen LogP contribution in [0.5, 0.6) is 0 Å². The molecule has 0 aliphatic heterocycles. The van der Waals surface area contributed by atoms with Crippen LogP contribution in [-0.2, 0) is 6.54 Å². The number of carbonyl (C=O) groups excluding carboxylic acids is 1. The topological polar surface area (TPSA) is 34.9 Å². The summed E-state index contributed by atoms with van der Waals surface area (Å²) in [7, 11) is 0. The lowest BCUT2D eigenvalue weighted by atomic mass is 10.2. The van der Waals surface area contributed by atoms with Crippen molar-refractivity contribution in [3.63, 3.8) is 0 Å². The predicted octanol–water partition coefficient (Wildman–Crippen LogP) is 3.04. The zero-order valence-electron chi connectivity index (χ0n) is 10.1. The number of hydrogen-bond donors (Lipinski definition) is 0. The van der Waals surface area contributed by atoms with Crippen LogP contribution < -0.4 is 0 Å². The van der Waals surface area contributed by atoms with Crippen molar-refractivity contribution in [1.29, 1.82) is 0 Å². The first-order chi connectivity index (χ1) is 9.26. The Morgan fingerprint density at radius 3 is 2.74 bits per heavy atom.